The van der Waals surface area contributed by atoms with E-state index in [1.807, 2.05) is 41.1 Å². The van der Waals surface area contributed by atoms with Crippen LogP contribution < -0.4 is 4.90 Å². The Morgan fingerprint density at radius 3 is 2.33 bits per heavy atom. The Kier molecular flexibility index (Phi) is 7.51. The van der Waals surface area contributed by atoms with Crippen molar-refractivity contribution in [3.05, 3.63) is 29.8 Å². The third kappa shape index (κ3) is 5.02. The predicted octanol–water partition coefficient (Wildman–Crippen LogP) is 3.10. The highest BCUT2D eigenvalue weighted by atomic mass is 16.2. The first-order chi connectivity index (χ1) is 14.4. The lowest BCUT2D eigenvalue weighted by molar-refractivity contribution is -0.141. The summed E-state index contributed by atoms with van der Waals surface area (Å²) in [5, 5.41) is 0. The van der Waals surface area contributed by atoms with Crippen molar-refractivity contribution in [3.8, 4) is 0 Å². The molecule has 6 nitrogen and oxygen atoms in total. The van der Waals surface area contributed by atoms with Crippen LogP contribution in [0.2, 0.25) is 0 Å². The minimum atomic E-state index is -0.289. The zero-order valence-corrected chi connectivity index (χ0v) is 18.6. The molecule has 0 aromatic heterocycles. The van der Waals surface area contributed by atoms with Gasteiger partial charge in [0.2, 0.25) is 17.7 Å². The first-order valence-electron chi connectivity index (χ1n) is 11.4. The maximum Gasteiger partial charge on any atom is 0.228 e. The Morgan fingerprint density at radius 2 is 1.73 bits per heavy atom. The number of amides is 3. The quantitative estimate of drug-likeness (QED) is 0.690. The summed E-state index contributed by atoms with van der Waals surface area (Å²) in [4.78, 5) is 43.6. The largest absolute Gasteiger partial charge is 0.346 e. The molecule has 0 aliphatic carbocycles. The number of rotatable bonds is 7. The topological polar surface area (TPSA) is 60.9 Å². The van der Waals surface area contributed by atoms with E-state index in [0.29, 0.717) is 32.5 Å². The SMILES string of the molecule is CCCCN(C)C(=O)C1CCN(C(=O)C2CC(=O)N(c3ccc(CC)cc3)C2)CC1. The molecular formula is C24H35N3O3. The molecule has 2 aliphatic rings. The fraction of sp³-hybridized carbons (Fsp3) is 0.625. The molecule has 30 heavy (non-hydrogen) atoms. The number of likely N-dealkylation sites (tertiary alicyclic amines) is 1. The number of carbonyl (C=O) groups is 3. The average molecular weight is 414 g/mol. The van der Waals surface area contributed by atoms with Gasteiger partial charge in [0.1, 0.15) is 0 Å². The maximum absolute atomic E-state index is 13.0. The fourth-order valence-electron chi connectivity index (χ4n) is 4.46. The molecule has 2 fully saturated rings. The van der Waals surface area contributed by atoms with Gasteiger partial charge in [-0.05, 0) is 43.4 Å². The molecule has 2 heterocycles. The van der Waals surface area contributed by atoms with E-state index in [2.05, 4.69) is 13.8 Å². The summed E-state index contributed by atoms with van der Waals surface area (Å²) in [6.07, 6.45) is 4.75. The monoisotopic (exact) mass is 413 g/mol. The number of anilines is 1. The van der Waals surface area contributed by atoms with Gasteiger partial charge in [0, 0.05) is 51.3 Å². The third-order valence-corrected chi connectivity index (χ3v) is 6.51. The van der Waals surface area contributed by atoms with Crippen LogP contribution in [0.4, 0.5) is 5.69 Å². The Morgan fingerprint density at radius 1 is 1.07 bits per heavy atom. The second kappa shape index (κ2) is 10.1. The zero-order valence-electron chi connectivity index (χ0n) is 18.6. The molecule has 0 N–H and O–H groups in total. The van der Waals surface area contributed by atoms with Crippen LogP contribution in [-0.4, -0.2) is 60.7 Å². The van der Waals surface area contributed by atoms with E-state index in [9.17, 15) is 14.4 Å². The summed E-state index contributed by atoms with van der Waals surface area (Å²) in [5.41, 5.74) is 2.10. The maximum atomic E-state index is 13.0. The van der Waals surface area contributed by atoms with Crippen LogP contribution >= 0.6 is 0 Å². The van der Waals surface area contributed by atoms with Gasteiger partial charge in [0.15, 0.2) is 0 Å². The molecule has 1 aromatic rings. The summed E-state index contributed by atoms with van der Waals surface area (Å²) >= 11 is 0. The lowest BCUT2D eigenvalue weighted by atomic mass is 9.94. The Labute approximate surface area is 180 Å². The van der Waals surface area contributed by atoms with Gasteiger partial charge in [-0.25, -0.2) is 0 Å². The van der Waals surface area contributed by atoms with E-state index >= 15 is 0 Å². The van der Waals surface area contributed by atoms with Gasteiger partial charge in [-0.3, -0.25) is 14.4 Å². The van der Waals surface area contributed by atoms with Crippen molar-refractivity contribution in [2.45, 2.75) is 52.4 Å². The highest BCUT2D eigenvalue weighted by Gasteiger charge is 2.38. The number of piperidine rings is 1. The van der Waals surface area contributed by atoms with Crippen LogP contribution in [0.15, 0.2) is 24.3 Å². The minimum Gasteiger partial charge on any atom is -0.346 e. The van der Waals surface area contributed by atoms with Crippen LogP contribution in [0.1, 0.15) is 51.5 Å². The van der Waals surface area contributed by atoms with E-state index < -0.39 is 0 Å². The van der Waals surface area contributed by atoms with Gasteiger partial charge in [-0.1, -0.05) is 32.4 Å². The van der Waals surface area contributed by atoms with Crippen LogP contribution in [0.5, 0.6) is 0 Å². The first kappa shape index (κ1) is 22.3. The number of hydrogen-bond donors (Lipinski definition) is 0. The molecular weight excluding hydrogens is 378 g/mol. The number of aryl methyl sites for hydroxylation is 1. The number of hydrogen-bond acceptors (Lipinski definition) is 3. The van der Waals surface area contributed by atoms with Crippen molar-refractivity contribution in [2.75, 3.05) is 38.1 Å². The van der Waals surface area contributed by atoms with Crippen molar-refractivity contribution < 1.29 is 14.4 Å². The summed E-state index contributed by atoms with van der Waals surface area (Å²) < 4.78 is 0. The molecule has 3 rings (SSSR count). The standard InChI is InChI=1S/C24H35N3O3/c1-4-6-13-25(3)23(29)19-11-14-26(15-12-19)24(30)20-16-22(28)27(17-20)21-9-7-18(5-2)8-10-21/h7-10,19-20H,4-6,11-17H2,1-3H3. The Hall–Kier alpha value is -2.37. The zero-order chi connectivity index (χ0) is 21.7. The van der Waals surface area contributed by atoms with Gasteiger partial charge in [0.25, 0.3) is 0 Å². The number of nitrogens with zero attached hydrogens (tertiary/aromatic N) is 3. The highest BCUT2D eigenvalue weighted by Crippen LogP contribution is 2.28. The molecule has 1 unspecified atom stereocenters. The second-order valence-corrected chi connectivity index (χ2v) is 8.64. The molecule has 6 heteroatoms. The van der Waals surface area contributed by atoms with E-state index in [1.54, 1.807) is 4.90 Å². The van der Waals surface area contributed by atoms with Crippen LogP contribution in [0.3, 0.4) is 0 Å². The lowest BCUT2D eigenvalue weighted by Crippen LogP contribution is -2.45. The summed E-state index contributed by atoms with van der Waals surface area (Å²) in [5.74, 6) is -0.00713. The predicted molar refractivity (Wildman–Crippen MR) is 118 cm³/mol. The van der Waals surface area contributed by atoms with Crippen molar-refractivity contribution in [1.82, 2.24) is 9.80 Å². The number of carbonyl (C=O) groups excluding carboxylic acids is 3. The molecule has 164 valence electrons. The summed E-state index contributed by atoms with van der Waals surface area (Å²) in [6.45, 7) is 6.68. The molecule has 1 atom stereocenters. The van der Waals surface area contributed by atoms with Crippen LogP contribution in [-0.2, 0) is 20.8 Å². The van der Waals surface area contributed by atoms with Gasteiger partial charge < -0.3 is 14.7 Å². The van der Waals surface area contributed by atoms with E-state index in [4.69, 9.17) is 0 Å². The van der Waals surface area contributed by atoms with Gasteiger partial charge in [-0.2, -0.15) is 0 Å². The van der Waals surface area contributed by atoms with Crippen LogP contribution in [0, 0.1) is 11.8 Å². The Bertz CT molecular complexity index is 753. The van der Waals surface area contributed by atoms with Gasteiger partial charge in [-0.15, -0.1) is 0 Å². The molecule has 0 spiro atoms. The molecule has 0 saturated carbocycles. The Balaban J connectivity index is 1.52. The van der Waals surface area contributed by atoms with E-state index in [0.717, 1.165) is 31.5 Å². The first-order valence-corrected chi connectivity index (χ1v) is 11.4. The highest BCUT2D eigenvalue weighted by molar-refractivity contribution is 6.00. The molecule has 3 amide bonds. The second-order valence-electron chi connectivity index (χ2n) is 8.64. The van der Waals surface area contributed by atoms with E-state index in [-0.39, 0.29) is 36.0 Å². The summed E-state index contributed by atoms with van der Waals surface area (Å²) in [7, 11) is 1.88. The van der Waals surface area contributed by atoms with Crippen LogP contribution in [0.25, 0.3) is 0 Å². The van der Waals surface area contributed by atoms with Crippen molar-refractivity contribution >= 4 is 23.4 Å². The molecule has 0 radical (unpaired) electrons. The smallest absolute Gasteiger partial charge is 0.228 e. The number of unbranched alkanes of at least 4 members (excludes halogenated alkanes) is 1. The molecule has 2 saturated heterocycles. The molecule has 0 bridgehead atoms. The minimum absolute atomic E-state index is 0.00898. The van der Waals surface area contributed by atoms with Crippen molar-refractivity contribution in [2.24, 2.45) is 11.8 Å². The van der Waals surface area contributed by atoms with E-state index in [1.165, 1.54) is 5.56 Å². The average Bonchev–Trinajstić information content (AvgIpc) is 3.18. The lowest BCUT2D eigenvalue weighted by Gasteiger charge is -2.34. The molecule has 1 aromatic carbocycles. The third-order valence-electron chi connectivity index (χ3n) is 6.51. The normalized spacial score (nSPS) is 20.0. The summed E-state index contributed by atoms with van der Waals surface area (Å²) in [6, 6.07) is 8.01. The molecule has 2 aliphatic heterocycles. The van der Waals surface area contributed by atoms with Crippen molar-refractivity contribution in [3.63, 3.8) is 0 Å². The fourth-order valence-corrected chi connectivity index (χ4v) is 4.46. The van der Waals surface area contributed by atoms with Gasteiger partial charge in [0.05, 0.1) is 5.92 Å². The number of benzene rings is 1. The van der Waals surface area contributed by atoms with Gasteiger partial charge >= 0.3 is 0 Å². The van der Waals surface area contributed by atoms with Crippen molar-refractivity contribution in [1.29, 1.82) is 0 Å².